The van der Waals surface area contributed by atoms with E-state index in [0.29, 0.717) is 12.1 Å². The van der Waals surface area contributed by atoms with Crippen LogP contribution in [0.1, 0.15) is 60.3 Å². The van der Waals surface area contributed by atoms with Crippen LogP contribution in [0.25, 0.3) is 0 Å². The van der Waals surface area contributed by atoms with E-state index in [-0.39, 0.29) is 11.5 Å². The Hall–Kier alpha value is -0.0800. The number of aliphatic hydroxyl groups is 1. The van der Waals surface area contributed by atoms with Crippen LogP contribution in [0.3, 0.4) is 0 Å². The van der Waals surface area contributed by atoms with E-state index in [9.17, 15) is 5.11 Å². The largest absolute Gasteiger partial charge is 0.391 e. The highest BCUT2D eigenvalue weighted by molar-refractivity contribution is 4.94. The van der Waals surface area contributed by atoms with Gasteiger partial charge in [-0.25, -0.2) is 0 Å². The van der Waals surface area contributed by atoms with Gasteiger partial charge in [0.2, 0.25) is 0 Å². The van der Waals surface area contributed by atoms with Crippen LogP contribution in [0.2, 0.25) is 0 Å². The Balaban J connectivity index is 2.76. The third-order valence-electron chi connectivity index (χ3n) is 4.43. The average molecular weight is 227 g/mol. The van der Waals surface area contributed by atoms with E-state index < -0.39 is 0 Å². The maximum absolute atomic E-state index is 10.5. The van der Waals surface area contributed by atoms with Crippen molar-refractivity contribution < 1.29 is 5.11 Å². The van der Waals surface area contributed by atoms with Crippen LogP contribution in [0.5, 0.6) is 0 Å². The Morgan fingerprint density at radius 3 is 2.50 bits per heavy atom. The Kier molecular flexibility index (Phi) is 4.81. The molecule has 1 aliphatic carbocycles. The van der Waals surface area contributed by atoms with Crippen LogP contribution in [-0.2, 0) is 0 Å². The highest BCUT2D eigenvalue weighted by Gasteiger charge is 2.40. The first-order chi connectivity index (χ1) is 7.44. The summed E-state index contributed by atoms with van der Waals surface area (Å²) >= 11 is 0. The smallest absolute Gasteiger partial charge is 0.0746 e. The van der Waals surface area contributed by atoms with Crippen molar-refractivity contribution in [3.8, 4) is 0 Å². The van der Waals surface area contributed by atoms with E-state index in [2.05, 4.69) is 39.5 Å². The second kappa shape index (κ2) is 5.50. The molecule has 1 rings (SSSR count). The Labute approximate surface area is 101 Å². The van der Waals surface area contributed by atoms with Gasteiger partial charge in [-0.1, -0.05) is 34.1 Å². The fourth-order valence-corrected chi connectivity index (χ4v) is 3.05. The van der Waals surface area contributed by atoms with Crippen molar-refractivity contribution in [1.29, 1.82) is 0 Å². The van der Waals surface area contributed by atoms with Gasteiger partial charge in [0, 0.05) is 12.1 Å². The zero-order valence-electron chi connectivity index (χ0n) is 11.7. The molecule has 2 heteroatoms. The van der Waals surface area contributed by atoms with E-state index in [0.717, 1.165) is 25.8 Å². The minimum atomic E-state index is -0.171. The van der Waals surface area contributed by atoms with Crippen molar-refractivity contribution >= 4 is 0 Å². The first-order valence-electron chi connectivity index (χ1n) is 6.87. The summed E-state index contributed by atoms with van der Waals surface area (Å²) in [6.07, 6.45) is 4.56. The molecule has 2 nitrogen and oxygen atoms in total. The molecule has 1 aliphatic rings. The van der Waals surface area contributed by atoms with Gasteiger partial charge in [0.25, 0.3) is 0 Å². The van der Waals surface area contributed by atoms with Gasteiger partial charge in [-0.3, -0.25) is 4.90 Å². The van der Waals surface area contributed by atoms with Crippen LogP contribution in [-0.4, -0.2) is 34.7 Å². The summed E-state index contributed by atoms with van der Waals surface area (Å²) in [5.74, 6) is 0. The highest BCUT2D eigenvalue weighted by atomic mass is 16.3. The summed E-state index contributed by atoms with van der Waals surface area (Å²) in [5.41, 5.74) is 0.0871. The van der Waals surface area contributed by atoms with Crippen LogP contribution in [0, 0.1) is 5.41 Å². The number of likely N-dealkylation sites (N-methyl/N-ethyl adjacent to an activating group) is 1. The lowest BCUT2D eigenvalue weighted by Crippen LogP contribution is -2.54. The molecule has 0 aromatic carbocycles. The maximum Gasteiger partial charge on any atom is 0.0746 e. The number of nitrogens with zero attached hydrogens (tertiary/aromatic N) is 1. The predicted molar refractivity (Wildman–Crippen MR) is 69.6 cm³/mol. The van der Waals surface area contributed by atoms with Gasteiger partial charge in [0.15, 0.2) is 0 Å². The molecule has 1 saturated carbocycles. The molecule has 1 fully saturated rings. The van der Waals surface area contributed by atoms with Crippen LogP contribution < -0.4 is 0 Å². The second-order valence-electron chi connectivity index (χ2n) is 5.98. The van der Waals surface area contributed by atoms with Gasteiger partial charge in [-0.05, 0) is 38.1 Å². The summed E-state index contributed by atoms with van der Waals surface area (Å²) in [6.45, 7) is 12.2. The molecule has 16 heavy (non-hydrogen) atoms. The van der Waals surface area contributed by atoms with Gasteiger partial charge in [0.1, 0.15) is 0 Å². The van der Waals surface area contributed by atoms with Gasteiger partial charge in [0.05, 0.1) is 6.10 Å². The maximum atomic E-state index is 10.5. The lowest BCUT2D eigenvalue weighted by Gasteiger charge is -2.47. The van der Waals surface area contributed by atoms with E-state index in [1.54, 1.807) is 0 Å². The number of rotatable bonds is 4. The quantitative estimate of drug-likeness (QED) is 0.798. The van der Waals surface area contributed by atoms with E-state index in [4.69, 9.17) is 0 Å². The average Bonchev–Trinajstić information content (AvgIpc) is 2.24. The highest BCUT2D eigenvalue weighted by Crippen LogP contribution is 2.38. The third kappa shape index (κ3) is 2.78. The molecule has 3 atom stereocenters. The fraction of sp³-hybridized carbons (Fsp3) is 1.00. The minimum absolute atomic E-state index is 0.0871. The Bertz CT molecular complexity index is 215. The number of hydrogen-bond donors (Lipinski definition) is 1. The normalized spacial score (nSPS) is 31.7. The van der Waals surface area contributed by atoms with Gasteiger partial charge >= 0.3 is 0 Å². The van der Waals surface area contributed by atoms with Crippen LogP contribution >= 0.6 is 0 Å². The SMILES string of the molecule is CCC(C)N(CC)C1CCCC(C)(C)C1O. The molecule has 0 aromatic heterocycles. The molecule has 0 saturated heterocycles. The molecular formula is C14H29NO. The van der Waals surface area contributed by atoms with E-state index in [1.807, 2.05) is 0 Å². The summed E-state index contributed by atoms with van der Waals surface area (Å²) < 4.78 is 0. The van der Waals surface area contributed by atoms with Gasteiger partial charge < -0.3 is 5.11 Å². The molecule has 96 valence electrons. The molecule has 0 amide bonds. The summed E-state index contributed by atoms with van der Waals surface area (Å²) in [6, 6.07) is 0.947. The lowest BCUT2D eigenvalue weighted by atomic mass is 9.72. The summed E-state index contributed by atoms with van der Waals surface area (Å²) in [4.78, 5) is 2.49. The summed E-state index contributed by atoms with van der Waals surface area (Å²) in [5, 5.41) is 10.5. The lowest BCUT2D eigenvalue weighted by molar-refractivity contribution is -0.0663. The zero-order valence-corrected chi connectivity index (χ0v) is 11.7. The summed E-state index contributed by atoms with van der Waals surface area (Å²) in [7, 11) is 0. The van der Waals surface area contributed by atoms with Crippen LogP contribution in [0.4, 0.5) is 0 Å². The van der Waals surface area contributed by atoms with Crippen molar-refractivity contribution in [1.82, 2.24) is 4.90 Å². The van der Waals surface area contributed by atoms with Gasteiger partial charge in [-0.2, -0.15) is 0 Å². The molecule has 0 aromatic rings. The zero-order chi connectivity index (χ0) is 12.3. The predicted octanol–water partition coefficient (Wildman–Crippen LogP) is 3.05. The third-order valence-corrected chi connectivity index (χ3v) is 4.43. The molecule has 0 radical (unpaired) electrons. The van der Waals surface area contributed by atoms with Crippen molar-refractivity contribution in [3.63, 3.8) is 0 Å². The molecule has 0 aliphatic heterocycles. The monoisotopic (exact) mass is 227 g/mol. The van der Waals surface area contributed by atoms with Crippen molar-refractivity contribution in [2.45, 2.75) is 78.5 Å². The standard InChI is InChI=1S/C14H29NO/c1-6-11(3)15(7-2)12-9-8-10-14(4,5)13(12)16/h11-13,16H,6-10H2,1-5H3. The Morgan fingerprint density at radius 2 is 2.00 bits per heavy atom. The Morgan fingerprint density at radius 1 is 1.38 bits per heavy atom. The molecule has 0 bridgehead atoms. The molecule has 0 heterocycles. The topological polar surface area (TPSA) is 23.5 Å². The van der Waals surface area contributed by atoms with Crippen molar-refractivity contribution in [3.05, 3.63) is 0 Å². The first kappa shape index (κ1) is 14.0. The minimum Gasteiger partial charge on any atom is -0.391 e. The second-order valence-corrected chi connectivity index (χ2v) is 5.98. The van der Waals surface area contributed by atoms with Gasteiger partial charge in [-0.15, -0.1) is 0 Å². The van der Waals surface area contributed by atoms with Crippen LogP contribution in [0.15, 0.2) is 0 Å². The number of hydrogen-bond acceptors (Lipinski definition) is 2. The molecular weight excluding hydrogens is 198 g/mol. The molecule has 1 N–H and O–H groups in total. The van der Waals surface area contributed by atoms with Crippen molar-refractivity contribution in [2.24, 2.45) is 5.41 Å². The molecule has 3 unspecified atom stereocenters. The fourth-order valence-electron chi connectivity index (χ4n) is 3.05. The first-order valence-corrected chi connectivity index (χ1v) is 6.87. The van der Waals surface area contributed by atoms with E-state index in [1.165, 1.54) is 6.42 Å². The molecule has 0 spiro atoms. The van der Waals surface area contributed by atoms with E-state index >= 15 is 0 Å². The number of aliphatic hydroxyl groups excluding tert-OH is 1. The van der Waals surface area contributed by atoms with Crippen molar-refractivity contribution in [2.75, 3.05) is 6.54 Å².